The molecule has 1 aliphatic heterocycles. The zero-order chi connectivity index (χ0) is 13.0. The van der Waals surface area contributed by atoms with E-state index in [-0.39, 0.29) is 0 Å². The van der Waals surface area contributed by atoms with Crippen molar-refractivity contribution in [1.82, 2.24) is 10.2 Å². The molecule has 1 N–H and O–H groups in total. The van der Waals surface area contributed by atoms with Crippen LogP contribution in [0.4, 0.5) is 0 Å². The van der Waals surface area contributed by atoms with E-state index < -0.39 is 0 Å². The fourth-order valence-corrected chi connectivity index (χ4v) is 3.18. The van der Waals surface area contributed by atoms with Crippen LogP contribution in [-0.4, -0.2) is 37.6 Å². The lowest BCUT2D eigenvalue weighted by atomic mass is 9.85. The summed E-state index contributed by atoms with van der Waals surface area (Å²) < 4.78 is 1.18. The molecule has 1 aliphatic rings. The second-order valence-electron chi connectivity index (χ2n) is 6.00. The molecule has 0 unspecified atom stereocenters. The first-order valence-electron chi connectivity index (χ1n) is 6.73. The minimum absolute atomic E-state index is 0.331. The van der Waals surface area contributed by atoms with Crippen molar-refractivity contribution in [2.75, 3.05) is 32.7 Å². The summed E-state index contributed by atoms with van der Waals surface area (Å²) in [6, 6.07) is 8.68. The van der Waals surface area contributed by atoms with Gasteiger partial charge < -0.3 is 10.2 Å². The Hall–Kier alpha value is -0.380. The molecule has 1 heterocycles. The predicted molar refractivity (Wildman–Crippen MR) is 80.9 cm³/mol. The van der Waals surface area contributed by atoms with Crippen molar-refractivity contribution in [3.05, 3.63) is 34.3 Å². The van der Waals surface area contributed by atoms with E-state index in [0.717, 1.165) is 19.5 Å². The molecule has 0 aliphatic carbocycles. The molecule has 1 aromatic carbocycles. The maximum atomic E-state index is 3.55. The van der Waals surface area contributed by atoms with Crippen LogP contribution < -0.4 is 5.32 Å². The number of rotatable bonds is 4. The van der Waals surface area contributed by atoms with Crippen LogP contribution in [0.2, 0.25) is 0 Å². The summed E-state index contributed by atoms with van der Waals surface area (Å²) >= 11 is 3.55. The lowest BCUT2D eigenvalue weighted by Gasteiger charge is -2.35. The molecule has 3 heteroatoms. The van der Waals surface area contributed by atoms with E-state index in [9.17, 15) is 0 Å². The molecule has 0 radical (unpaired) electrons. The van der Waals surface area contributed by atoms with Crippen LogP contribution >= 0.6 is 15.9 Å². The lowest BCUT2D eigenvalue weighted by Crippen LogP contribution is -2.47. The summed E-state index contributed by atoms with van der Waals surface area (Å²) in [6.45, 7) is 10.6. The number of hydrogen-bond donors (Lipinski definition) is 1. The summed E-state index contributed by atoms with van der Waals surface area (Å²) in [5.41, 5.74) is 1.75. The van der Waals surface area contributed by atoms with E-state index in [0.29, 0.717) is 5.41 Å². The van der Waals surface area contributed by atoms with E-state index >= 15 is 0 Å². The van der Waals surface area contributed by atoms with Gasteiger partial charge in [-0.3, -0.25) is 0 Å². The molecular formula is C15H23BrN2. The first-order valence-corrected chi connectivity index (χ1v) is 7.52. The van der Waals surface area contributed by atoms with E-state index in [1.165, 1.54) is 29.7 Å². The van der Waals surface area contributed by atoms with E-state index in [4.69, 9.17) is 0 Å². The summed E-state index contributed by atoms with van der Waals surface area (Å²) in [5.74, 6) is 0. The third-order valence-electron chi connectivity index (χ3n) is 3.43. The Morgan fingerprint density at radius 3 is 2.67 bits per heavy atom. The zero-order valence-corrected chi connectivity index (χ0v) is 13.0. The van der Waals surface area contributed by atoms with Gasteiger partial charge in [0, 0.05) is 37.2 Å². The zero-order valence-electron chi connectivity index (χ0n) is 11.4. The molecule has 0 saturated carbocycles. The topological polar surface area (TPSA) is 15.3 Å². The number of nitrogens with zero attached hydrogens (tertiary/aromatic N) is 1. The summed E-state index contributed by atoms with van der Waals surface area (Å²) in [7, 11) is 0. The quantitative estimate of drug-likeness (QED) is 0.920. The van der Waals surface area contributed by atoms with Crippen LogP contribution in [-0.2, 0) is 6.42 Å². The first kappa shape index (κ1) is 14.0. The fraction of sp³-hybridized carbons (Fsp3) is 0.600. The van der Waals surface area contributed by atoms with Gasteiger partial charge in [0.05, 0.1) is 0 Å². The molecule has 0 aromatic heterocycles. The summed E-state index contributed by atoms with van der Waals surface area (Å²) in [5, 5.41) is 3.41. The number of halogens is 1. The molecule has 1 saturated heterocycles. The van der Waals surface area contributed by atoms with E-state index in [1.54, 1.807) is 0 Å². The van der Waals surface area contributed by atoms with Gasteiger partial charge in [-0.15, -0.1) is 0 Å². The fourth-order valence-electron chi connectivity index (χ4n) is 2.73. The third kappa shape index (κ3) is 4.38. The Kier molecular flexibility index (Phi) is 4.82. The minimum Gasteiger partial charge on any atom is -0.314 e. The van der Waals surface area contributed by atoms with Crippen LogP contribution in [0.25, 0.3) is 0 Å². The second-order valence-corrected chi connectivity index (χ2v) is 6.91. The average molecular weight is 311 g/mol. The van der Waals surface area contributed by atoms with Crippen molar-refractivity contribution in [3.8, 4) is 0 Å². The highest BCUT2D eigenvalue weighted by Crippen LogP contribution is 2.25. The van der Waals surface area contributed by atoms with Gasteiger partial charge in [-0.1, -0.05) is 41.9 Å². The maximum absolute atomic E-state index is 3.55. The molecule has 2 rings (SSSR count). The SMILES string of the molecule is CC(C)(Cc1cccc(Br)c1)CN1CCNCC1. The highest BCUT2D eigenvalue weighted by atomic mass is 79.9. The highest BCUT2D eigenvalue weighted by molar-refractivity contribution is 9.10. The van der Waals surface area contributed by atoms with Gasteiger partial charge in [-0.25, -0.2) is 0 Å². The third-order valence-corrected chi connectivity index (χ3v) is 3.93. The number of nitrogens with one attached hydrogen (secondary N) is 1. The molecule has 0 amide bonds. The first-order chi connectivity index (χ1) is 8.55. The molecular weight excluding hydrogens is 288 g/mol. The van der Waals surface area contributed by atoms with Gasteiger partial charge in [0.2, 0.25) is 0 Å². The van der Waals surface area contributed by atoms with Crippen molar-refractivity contribution >= 4 is 15.9 Å². The lowest BCUT2D eigenvalue weighted by molar-refractivity contribution is 0.160. The molecule has 2 nitrogen and oxygen atoms in total. The Bertz CT molecular complexity index is 384. The second kappa shape index (κ2) is 6.18. The number of piperazine rings is 1. The van der Waals surface area contributed by atoms with Gasteiger partial charge in [-0.2, -0.15) is 0 Å². The summed E-state index contributed by atoms with van der Waals surface area (Å²) in [4.78, 5) is 2.58. The average Bonchev–Trinajstić information content (AvgIpc) is 2.28. The number of benzene rings is 1. The van der Waals surface area contributed by atoms with Gasteiger partial charge in [0.15, 0.2) is 0 Å². The van der Waals surface area contributed by atoms with Crippen molar-refractivity contribution in [3.63, 3.8) is 0 Å². The Labute approximate surface area is 119 Å². The molecule has 0 spiro atoms. The van der Waals surface area contributed by atoms with Crippen molar-refractivity contribution < 1.29 is 0 Å². The van der Waals surface area contributed by atoms with E-state index in [2.05, 4.69) is 64.3 Å². The largest absolute Gasteiger partial charge is 0.314 e. The minimum atomic E-state index is 0.331. The number of hydrogen-bond acceptors (Lipinski definition) is 2. The summed E-state index contributed by atoms with van der Waals surface area (Å²) in [6.07, 6.45) is 1.14. The Morgan fingerprint density at radius 2 is 2.00 bits per heavy atom. The van der Waals surface area contributed by atoms with Crippen LogP contribution in [0.3, 0.4) is 0 Å². The van der Waals surface area contributed by atoms with Crippen LogP contribution in [0.15, 0.2) is 28.7 Å². The molecule has 0 bridgehead atoms. The van der Waals surface area contributed by atoms with E-state index in [1.807, 2.05) is 0 Å². The normalized spacial score (nSPS) is 17.9. The van der Waals surface area contributed by atoms with Gasteiger partial charge >= 0.3 is 0 Å². The molecule has 0 atom stereocenters. The smallest absolute Gasteiger partial charge is 0.0177 e. The van der Waals surface area contributed by atoms with Crippen molar-refractivity contribution in [2.45, 2.75) is 20.3 Å². The molecule has 1 aromatic rings. The monoisotopic (exact) mass is 310 g/mol. The Balaban J connectivity index is 1.93. The molecule has 1 fully saturated rings. The van der Waals surface area contributed by atoms with Crippen molar-refractivity contribution in [2.24, 2.45) is 5.41 Å². The molecule has 100 valence electrons. The van der Waals surface area contributed by atoms with Gasteiger partial charge in [-0.05, 0) is 29.5 Å². The predicted octanol–water partition coefficient (Wildman–Crippen LogP) is 2.92. The van der Waals surface area contributed by atoms with Gasteiger partial charge in [0.1, 0.15) is 0 Å². The maximum Gasteiger partial charge on any atom is 0.0177 e. The van der Waals surface area contributed by atoms with Crippen LogP contribution in [0.1, 0.15) is 19.4 Å². The standard InChI is InChI=1S/C15H23BrN2/c1-15(2,12-18-8-6-17-7-9-18)11-13-4-3-5-14(16)10-13/h3-5,10,17H,6-9,11-12H2,1-2H3. The molecule has 18 heavy (non-hydrogen) atoms. The Morgan fingerprint density at radius 1 is 1.28 bits per heavy atom. The van der Waals surface area contributed by atoms with Crippen molar-refractivity contribution in [1.29, 1.82) is 0 Å². The van der Waals surface area contributed by atoms with Gasteiger partial charge in [0.25, 0.3) is 0 Å². The van der Waals surface area contributed by atoms with Crippen LogP contribution in [0.5, 0.6) is 0 Å². The van der Waals surface area contributed by atoms with Crippen LogP contribution in [0, 0.1) is 5.41 Å². The highest BCUT2D eigenvalue weighted by Gasteiger charge is 2.23.